The smallest absolute Gasteiger partial charge is 0.198 e. The summed E-state index contributed by atoms with van der Waals surface area (Å²) >= 11 is 6.02. The number of nitrogens with zero attached hydrogens (tertiary/aromatic N) is 4. The molecule has 2 heterocycles. The third kappa shape index (κ3) is 1.33. The van der Waals surface area contributed by atoms with Crippen molar-refractivity contribution in [2.24, 2.45) is 11.8 Å². The molecule has 0 aliphatic heterocycles. The van der Waals surface area contributed by atoms with Gasteiger partial charge in [0, 0.05) is 18.3 Å². The van der Waals surface area contributed by atoms with Crippen LogP contribution in [0.25, 0.3) is 5.65 Å². The minimum Gasteiger partial charge on any atom is -0.282 e. The first-order valence-electron chi connectivity index (χ1n) is 6.18. The molecule has 2 saturated carbocycles. The third-order valence-corrected chi connectivity index (χ3v) is 4.65. The van der Waals surface area contributed by atoms with Crippen molar-refractivity contribution in [1.82, 2.24) is 19.6 Å². The van der Waals surface area contributed by atoms with Crippen LogP contribution in [0.5, 0.6) is 0 Å². The van der Waals surface area contributed by atoms with Crippen molar-refractivity contribution in [2.75, 3.05) is 0 Å². The van der Waals surface area contributed by atoms with E-state index in [-0.39, 0.29) is 0 Å². The molecule has 2 fully saturated rings. The van der Waals surface area contributed by atoms with Crippen molar-refractivity contribution in [1.29, 1.82) is 0 Å². The van der Waals surface area contributed by atoms with Crippen molar-refractivity contribution in [3.63, 3.8) is 0 Å². The number of hydrogen-bond acceptors (Lipinski definition) is 3. The van der Waals surface area contributed by atoms with Gasteiger partial charge < -0.3 is 0 Å². The quantitative estimate of drug-likeness (QED) is 0.779. The zero-order valence-electron chi connectivity index (χ0n) is 9.38. The SMILES string of the molecule is Clc1nccn2c([C@@H]3C[C@@H]4CC[C@H]3C4)nnc12. The van der Waals surface area contributed by atoms with Gasteiger partial charge in [-0.25, -0.2) is 4.98 Å². The van der Waals surface area contributed by atoms with Crippen LogP contribution < -0.4 is 0 Å². The van der Waals surface area contributed by atoms with Crippen LogP contribution in [0.15, 0.2) is 12.4 Å². The van der Waals surface area contributed by atoms with E-state index in [1.807, 2.05) is 10.6 Å². The fraction of sp³-hybridized carbons (Fsp3) is 0.583. The number of hydrogen-bond donors (Lipinski definition) is 0. The van der Waals surface area contributed by atoms with Crippen LogP contribution in [0, 0.1) is 11.8 Å². The first-order chi connectivity index (χ1) is 8.33. The Bertz CT molecular complexity index is 579. The molecule has 2 aromatic heterocycles. The highest BCUT2D eigenvalue weighted by Gasteiger charge is 2.42. The van der Waals surface area contributed by atoms with E-state index < -0.39 is 0 Å². The molecule has 88 valence electrons. The largest absolute Gasteiger partial charge is 0.282 e. The first kappa shape index (κ1) is 9.83. The minimum absolute atomic E-state index is 0.439. The highest BCUT2D eigenvalue weighted by Crippen LogP contribution is 2.52. The average Bonchev–Trinajstić information content (AvgIpc) is 3.03. The molecule has 0 spiro atoms. The van der Waals surface area contributed by atoms with Gasteiger partial charge in [0.15, 0.2) is 10.8 Å². The summed E-state index contributed by atoms with van der Waals surface area (Å²) in [5, 5.41) is 8.95. The summed E-state index contributed by atoms with van der Waals surface area (Å²) in [5.74, 6) is 3.37. The van der Waals surface area contributed by atoms with Crippen LogP contribution in [0.3, 0.4) is 0 Å². The maximum Gasteiger partial charge on any atom is 0.198 e. The number of fused-ring (bicyclic) bond motifs is 3. The van der Waals surface area contributed by atoms with Gasteiger partial charge in [0.2, 0.25) is 0 Å². The van der Waals surface area contributed by atoms with Gasteiger partial charge in [0.05, 0.1) is 0 Å². The molecule has 0 radical (unpaired) electrons. The van der Waals surface area contributed by atoms with E-state index in [0.717, 1.165) is 17.7 Å². The molecule has 4 nitrogen and oxygen atoms in total. The van der Waals surface area contributed by atoms with Crippen molar-refractivity contribution in [2.45, 2.75) is 31.6 Å². The maximum atomic E-state index is 6.02. The van der Waals surface area contributed by atoms with E-state index in [1.54, 1.807) is 6.20 Å². The first-order valence-corrected chi connectivity index (χ1v) is 6.56. The molecule has 2 aliphatic carbocycles. The second kappa shape index (κ2) is 3.42. The van der Waals surface area contributed by atoms with Gasteiger partial charge in [-0.2, -0.15) is 0 Å². The van der Waals surface area contributed by atoms with Gasteiger partial charge in [0.1, 0.15) is 5.82 Å². The summed E-state index contributed by atoms with van der Waals surface area (Å²) in [6.45, 7) is 0. The molecule has 0 amide bonds. The zero-order chi connectivity index (χ0) is 11.4. The lowest BCUT2D eigenvalue weighted by Crippen LogP contribution is -2.12. The Hall–Kier alpha value is -1.16. The Balaban J connectivity index is 1.84. The standard InChI is InChI=1S/C12H13ClN4/c13-10-12-16-15-11(17(12)4-3-14-10)9-6-7-1-2-8(9)5-7/h3-4,7-9H,1-2,5-6H2/t7-,8+,9-/m1/s1. The van der Waals surface area contributed by atoms with Gasteiger partial charge in [-0.3, -0.25) is 4.40 Å². The second-order valence-electron chi connectivity index (χ2n) is 5.25. The Morgan fingerprint density at radius 3 is 2.94 bits per heavy atom. The third-order valence-electron chi connectivity index (χ3n) is 4.38. The summed E-state index contributed by atoms with van der Waals surface area (Å²) in [7, 11) is 0. The summed E-state index contributed by atoms with van der Waals surface area (Å²) < 4.78 is 2.01. The fourth-order valence-corrected chi connectivity index (χ4v) is 3.81. The normalized spacial score (nSPS) is 31.5. The Labute approximate surface area is 104 Å². The summed E-state index contributed by atoms with van der Waals surface area (Å²) in [6, 6.07) is 0. The van der Waals surface area contributed by atoms with Crippen LogP contribution in [0.4, 0.5) is 0 Å². The Morgan fingerprint density at radius 1 is 1.24 bits per heavy atom. The van der Waals surface area contributed by atoms with E-state index in [4.69, 9.17) is 11.6 Å². The average molecular weight is 249 g/mol. The highest BCUT2D eigenvalue weighted by atomic mass is 35.5. The van der Waals surface area contributed by atoms with Gasteiger partial charge in [-0.15, -0.1) is 10.2 Å². The lowest BCUT2D eigenvalue weighted by molar-refractivity contribution is 0.403. The maximum absolute atomic E-state index is 6.02. The number of rotatable bonds is 1. The van der Waals surface area contributed by atoms with Crippen molar-refractivity contribution >= 4 is 17.2 Å². The second-order valence-corrected chi connectivity index (χ2v) is 5.61. The molecule has 3 atom stereocenters. The van der Waals surface area contributed by atoms with Crippen LogP contribution in [0.2, 0.25) is 5.15 Å². The molecule has 0 aromatic carbocycles. The lowest BCUT2D eigenvalue weighted by atomic mass is 9.88. The van der Waals surface area contributed by atoms with Crippen LogP contribution >= 0.6 is 11.6 Å². The molecule has 0 N–H and O–H groups in total. The number of aromatic nitrogens is 4. The molecule has 2 bridgehead atoms. The Kier molecular flexibility index (Phi) is 1.98. The Morgan fingerprint density at radius 2 is 2.18 bits per heavy atom. The van der Waals surface area contributed by atoms with Crippen molar-refractivity contribution in [3.05, 3.63) is 23.4 Å². The number of halogens is 1. The van der Waals surface area contributed by atoms with Crippen LogP contribution in [-0.2, 0) is 0 Å². The molecule has 5 heteroatoms. The van der Waals surface area contributed by atoms with Crippen LogP contribution in [-0.4, -0.2) is 19.6 Å². The summed E-state index contributed by atoms with van der Waals surface area (Å²) in [5.41, 5.74) is 0.687. The van der Waals surface area contributed by atoms with E-state index in [1.165, 1.54) is 25.7 Å². The molecule has 0 saturated heterocycles. The van der Waals surface area contributed by atoms with Gasteiger partial charge >= 0.3 is 0 Å². The molecular formula is C12H13ClN4. The predicted molar refractivity (Wildman–Crippen MR) is 64.0 cm³/mol. The van der Waals surface area contributed by atoms with Gasteiger partial charge in [-0.1, -0.05) is 18.0 Å². The molecule has 2 aliphatic rings. The topological polar surface area (TPSA) is 43.1 Å². The van der Waals surface area contributed by atoms with Gasteiger partial charge in [-0.05, 0) is 31.1 Å². The van der Waals surface area contributed by atoms with Crippen molar-refractivity contribution < 1.29 is 0 Å². The summed E-state index contributed by atoms with van der Waals surface area (Å²) in [6.07, 6.45) is 9.03. The van der Waals surface area contributed by atoms with Gasteiger partial charge in [0.25, 0.3) is 0 Å². The zero-order valence-corrected chi connectivity index (χ0v) is 10.1. The molecule has 2 aromatic rings. The minimum atomic E-state index is 0.439. The highest BCUT2D eigenvalue weighted by molar-refractivity contribution is 6.32. The molecule has 0 unspecified atom stereocenters. The fourth-order valence-electron chi connectivity index (χ4n) is 3.63. The van der Waals surface area contributed by atoms with E-state index in [0.29, 0.717) is 16.7 Å². The lowest BCUT2D eigenvalue weighted by Gasteiger charge is -2.19. The van der Waals surface area contributed by atoms with E-state index in [2.05, 4.69) is 15.2 Å². The summed E-state index contributed by atoms with van der Waals surface area (Å²) in [4.78, 5) is 4.04. The van der Waals surface area contributed by atoms with E-state index >= 15 is 0 Å². The predicted octanol–water partition coefficient (Wildman–Crippen LogP) is 2.68. The molecule has 4 rings (SSSR count). The molecule has 17 heavy (non-hydrogen) atoms. The van der Waals surface area contributed by atoms with Crippen LogP contribution in [0.1, 0.15) is 37.4 Å². The molecular weight excluding hydrogens is 236 g/mol. The van der Waals surface area contributed by atoms with E-state index in [9.17, 15) is 0 Å². The monoisotopic (exact) mass is 248 g/mol. The van der Waals surface area contributed by atoms with Crippen molar-refractivity contribution in [3.8, 4) is 0 Å².